The van der Waals surface area contributed by atoms with Crippen LogP contribution < -0.4 is 44.8 Å². The number of halogens is 2. The maximum absolute atomic E-state index is 12.4. The van der Waals surface area contributed by atoms with Crippen molar-refractivity contribution in [1.29, 1.82) is 0 Å². The fraction of sp³-hybridized carbons (Fsp3) is 0.931. The number of carbonyl (C=O) groups is 2. The van der Waals surface area contributed by atoms with Crippen LogP contribution in [0.1, 0.15) is 136 Å². The molecule has 0 saturated carbocycles. The summed E-state index contributed by atoms with van der Waals surface area (Å²) in [5.41, 5.74) is 6.32. The lowest BCUT2D eigenvalue weighted by molar-refractivity contribution is -0.943. The van der Waals surface area contributed by atoms with Crippen LogP contribution in [0, 0.1) is 0 Å². The fourth-order valence-corrected chi connectivity index (χ4v) is 4.60. The summed E-state index contributed by atoms with van der Waals surface area (Å²) >= 11 is 0. The zero-order valence-electron chi connectivity index (χ0n) is 25.3. The quantitative estimate of drug-likeness (QED) is 0.0911. The molecule has 0 bridgehead atoms. The molecule has 0 atom stereocenters. The maximum atomic E-state index is 12.4. The van der Waals surface area contributed by atoms with E-state index in [4.69, 9.17) is 0 Å². The van der Waals surface area contributed by atoms with E-state index in [1.54, 1.807) is 0 Å². The number of carbonyl (C=O) groups excluding carboxylic acids is 2. The first-order valence-electron chi connectivity index (χ1n) is 14.9. The zero-order chi connectivity index (χ0) is 26.4. The van der Waals surface area contributed by atoms with Crippen LogP contribution in [0.25, 0.3) is 0 Å². The molecule has 0 aromatic heterocycles. The van der Waals surface area contributed by atoms with Gasteiger partial charge >= 0.3 is 0 Å². The maximum Gasteiger partial charge on any atom is 0.264 e. The lowest BCUT2D eigenvalue weighted by atomic mass is 10.1. The first kappa shape index (κ1) is 41.3. The topological polar surface area (TPSA) is 58.2 Å². The number of nitrogens with one attached hydrogen (secondary N) is 2. The standard InChI is InChI=1S/C29H60N4O2.2BrH/c1-7-9-11-13-15-17-19-21-24-28(34)30-32(3,4)26-23-27-33(5,6)31-29(35)25-22-20-18-16-14-12-10-8-2;;/h7-27H2,1-6H3;2*1H. The van der Waals surface area contributed by atoms with E-state index in [0.717, 1.165) is 45.2 Å². The van der Waals surface area contributed by atoms with E-state index in [1.807, 2.05) is 28.2 Å². The third-order valence-electron chi connectivity index (χ3n) is 6.80. The highest BCUT2D eigenvalue weighted by Crippen LogP contribution is 2.11. The second kappa shape index (κ2) is 26.1. The van der Waals surface area contributed by atoms with Gasteiger partial charge in [-0.05, 0) is 12.8 Å². The van der Waals surface area contributed by atoms with Gasteiger partial charge in [0, 0.05) is 12.8 Å². The minimum Gasteiger partial charge on any atom is -1.00 e. The molecule has 0 rings (SSSR count). The molecule has 2 amide bonds. The van der Waals surface area contributed by atoms with Gasteiger partial charge in [0.05, 0.1) is 34.6 Å². The third-order valence-corrected chi connectivity index (χ3v) is 6.80. The van der Waals surface area contributed by atoms with Crippen LogP contribution in [0.4, 0.5) is 0 Å². The number of unbranched alkanes of at least 4 members (excludes halogenated alkanes) is 14. The summed E-state index contributed by atoms with van der Waals surface area (Å²) in [6.45, 7) is 6.18. The molecule has 37 heavy (non-hydrogen) atoms. The minimum atomic E-state index is 0. The molecule has 0 spiro atoms. The Hall–Kier alpha value is -0.180. The highest BCUT2D eigenvalue weighted by atomic mass is 79.9. The lowest BCUT2D eigenvalue weighted by Crippen LogP contribution is -3.00. The predicted molar refractivity (Wildman–Crippen MR) is 149 cm³/mol. The van der Waals surface area contributed by atoms with Crippen molar-refractivity contribution in [3.63, 3.8) is 0 Å². The first-order chi connectivity index (χ1) is 16.6. The monoisotopic (exact) mass is 656 g/mol. The Morgan fingerprint density at radius 1 is 0.459 bits per heavy atom. The minimum absolute atomic E-state index is 0. The number of hydrogen-bond acceptors (Lipinski definition) is 2. The molecule has 0 fully saturated rings. The molecule has 0 aliphatic carbocycles. The lowest BCUT2D eigenvalue weighted by Gasteiger charge is -2.32. The van der Waals surface area contributed by atoms with E-state index in [0.29, 0.717) is 22.0 Å². The molecule has 6 nitrogen and oxygen atoms in total. The average Bonchev–Trinajstić information content (AvgIpc) is 2.76. The average molecular weight is 659 g/mol. The summed E-state index contributed by atoms with van der Waals surface area (Å²) in [5, 5.41) is 0. The molecule has 0 aromatic carbocycles. The van der Waals surface area contributed by atoms with Gasteiger partial charge < -0.3 is 34.0 Å². The van der Waals surface area contributed by atoms with Gasteiger partial charge in [-0.2, -0.15) is 0 Å². The molecular weight excluding hydrogens is 596 g/mol. The van der Waals surface area contributed by atoms with Crippen molar-refractivity contribution in [2.45, 2.75) is 136 Å². The molecular formula is C29H62Br2N4O2. The summed E-state index contributed by atoms with van der Waals surface area (Å²) in [7, 11) is 8.19. The Kier molecular flexibility index (Phi) is 29.1. The smallest absolute Gasteiger partial charge is 0.264 e. The second-order valence-corrected chi connectivity index (χ2v) is 11.7. The van der Waals surface area contributed by atoms with Gasteiger partial charge in [0.15, 0.2) is 0 Å². The summed E-state index contributed by atoms with van der Waals surface area (Å²) < 4.78 is 0.976. The zero-order valence-corrected chi connectivity index (χ0v) is 28.5. The van der Waals surface area contributed by atoms with E-state index in [9.17, 15) is 9.59 Å². The summed E-state index contributed by atoms with van der Waals surface area (Å²) in [5.74, 6) is 0.293. The van der Waals surface area contributed by atoms with Gasteiger partial charge in [-0.3, -0.25) is 9.59 Å². The van der Waals surface area contributed by atoms with Gasteiger partial charge in [0.1, 0.15) is 13.1 Å². The SMILES string of the molecule is CCCCCCCCCCC(=O)N[N+](C)(C)CCC[N+](C)(C)NC(=O)CCCCCCCCCC.[Br-].[Br-]. The van der Waals surface area contributed by atoms with Crippen molar-refractivity contribution >= 4 is 11.8 Å². The molecule has 0 aliphatic heterocycles. The van der Waals surface area contributed by atoms with Crippen LogP contribution in [-0.2, 0) is 9.59 Å². The van der Waals surface area contributed by atoms with Crippen LogP contribution >= 0.6 is 0 Å². The number of amides is 2. The van der Waals surface area contributed by atoms with Crippen molar-refractivity contribution in [3.8, 4) is 0 Å². The van der Waals surface area contributed by atoms with Crippen LogP contribution in [0.15, 0.2) is 0 Å². The number of quaternary nitrogens is 2. The van der Waals surface area contributed by atoms with Crippen molar-refractivity contribution < 1.29 is 52.7 Å². The van der Waals surface area contributed by atoms with Gasteiger partial charge in [-0.1, -0.05) is 104 Å². The molecule has 8 heteroatoms. The molecule has 0 heterocycles. The second-order valence-electron chi connectivity index (χ2n) is 11.7. The molecule has 0 aliphatic rings. The van der Waals surface area contributed by atoms with E-state index in [2.05, 4.69) is 24.7 Å². The van der Waals surface area contributed by atoms with Crippen LogP contribution in [0.2, 0.25) is 0 Å². The molecule has 0 unspecified atom stereocenters. The Labute approximate surface area is 251 Å². The Morgan fingerprint density at radius 2 is 0.730 bits per heavy atom. The van der Waals surface area contributed by atoms with Gasteiger partial charge in [-0.15, -0.1) is 0 Å². The van der Waals surface area contributed by atoms with Crippen molar-refractivity contribution in [1.82, 2.24) is 10.9 Å². The summed E-state index contributed by atoms with van der Waals surface area (Å²) in [6.07, 6.45) is 22.1. The van der Waals surface area contributed by atoms with Crippen molar-refractivity contribution in [2.24, 2.45) is 0 Å². The third kappa shape index (κ3) is 28.6. The highest BCUT2D eigenvalue weighted by Gasteiger charge is 2.23. The predicted octanol–water partition coefficient (Wildman–Crippen LogP) is 0.661. The molecule has 2 N–H and O–H groups in total. The van der Waals surface area contributed by atoms with E-state index in [1.165, 1.54) is 77.0 Å². The normalized spacial score (nSPS) is 11.4. The first-order valence-corrected chi connectivity index (χ1v) is 14.9. The molecule has 0 radical (unpaired) electrons. The fourth-order valence-electron chi connectivity index (χ4n) is 4.60. The number of hydrogen-bond donors (Lipinski definition) is 2. The largest absolute Gasteiger partial charge is 1.00 e. The van der Waals surface area contributed by atoms with E-state index >= 15 is 0 Å². The summed E-state index contributed by atoms with van der Waals surface area (Å²) in [4.78, 5) is 24.7. The van der Waals surface area contributed by atoms with Crippen LogP contribution in [0.3, 0.4) is 0 Å². The van der Waals surface area contributed by atoms with Gasteiger partial charge in [0.2, 0.25) is 0 Å². The number of rotatable bonds is 24. The van der Waals surface area contributed by atoms with E-state index < -0.39 is 0 Å². The Bertz CT molecular complexity index is 500. The van der Waals surface area contributed by atoms with Crippen molar-refractivity contribution in [2.75, 3.05) is 41.3 Å². The van der Waals surface area contributed by atoms with Crippen molar-refractivity contribution in [3.05, 3.63) is 0 Å². The Balaban J connectivity index is -0.00000578. The van der Waals surface area contributed by atoms with E-state index in [-0.39, 0.29) is 45.8 Å². The van der Waals surface area contributed by atoms with Gasteiger partial charge in [0.25, 0.3) is 11.8 Å². The molecule has 224 valence electrons. The van der Waals surface area contributed by atoms with Gasteiger partial charge in [-0.25, -0.2) is 20.0 Å². The molecule has 0 saturated heterocycles. The summed E-state index contributed by atoms with van der Waals surface area (Å²) in [6, 6.07) is 0. The number of nitrogens with zero attached hydrogens (tertiary/aromatic N) is 2. The van der Waals surface area contributed by atoms with Crippen LogP contribution in [0.5, 0.6) is 0 Å². The molecule has 0 aromatic rings. The van der Waals surface area contributed by atoms with Crippen LogP contribution in [-0.4, -0.2) is 62.3 Å². The highest BCUT2D eigenvalue weighted by molar-refractivity contribution is 5.74. The Morgan fingerprint density at radius 3 is 1.03 bits per heavy atom.